The van der Waals surface area contributed by atoms with E-state index in [2.05, 4.69) is 32.2 Å². The third kappa shape index (κ3) is 4.63. The molecule has 1 heteroatoms. The van der Waals surface area contributed by atoms with Crippen molar-refractivity contribution in [2.45, 2.75) is 52.4 Å². The molecule has 1 saturated carbocycles. The molecule has 1 aliphatic carbocycles. The number of hydrogen-bond acceptors (Lipinski definition) is 1. The topological polar surface area (TPSA) is 0 Å². The molecule has 0 amide bonds. The molecule has 1 rings (SSSR count). The normalized spacial score (nSPS) is 23.3. The molecule has 0 aliphatic heterocycles. The lowest BCUT2D eigenvalue weighted by atomic mass is 9.89. The van der Waals surface area contributed by atoms with E-state index in [0.29, 0.717) is 0 Å². The average molecular weight is 226 g/mol. The second-order valence-corrected chi connectivity index (χ2v) is 6.03. The largest absolute Gasteiger partial charge is 0.162 e. The zero-order valence-electron chi connectivity index (χ0n) is 10.4. The molecule has 1 fully saturated rings. The SMILES string of the molecule is C=C1CCC(C(CCC)CSCCC)C1. The van der Waals surface area contributed by atoms with Gasteiger partial charge in [-0.05, 0) is 55.4 Å². The molecule has 0 N–H and O–H groups in total. The summed E-state index contributed by atoms with van der Waals surface area (Å²) in [5, 5.41) is 0. The third-order valence-electron chi connectivity index (χ3n) is 3.43. The molecule has 0 saturated heterocycles. The Morgan fingerprint density at radius 2 is 2.20 bits per heavy atom. The predicted octanol–water partition coefficient (Wildman–Crippen LogP) is 4.90. The first-order chi connectivity index (χ1) is 7.27. The molecule has 0 aromatic heterocycles. The van der Waals surface area contributed by atoms with Crippen LogP contribution in [0.3, 0.4) is 0 Å². The van der Waals surface area contributed by atoms with Crippen molar-refractivity contribution in [3.05, 3.63) is 12.2 Å². The van der Waals surface area contributed by atoms with Gasteiger partial charge >= 0.3 is 0 Å². The standard InChI is InChI=1S/C14H26S/c1-4-6-14(11-15-9-5-2)13-8-7-12(3)10-13/h13-14H,3-11H2,1-2H3. The molecule has 0 heterocycles. The number of rotatable bonds is 7. The molecule has 1 aliphatic rings. The van der Waals surface area contributed by atoms with Gasteiger partial charge in [0.2, 0.25) is 0 Å². The number of hydrogen-bond donors (Lipinski definition) is 0. The fraction of sp³-hybridized carbons (Fsp3) is 0.857. The highest BCUT2D eigenvalue weighted by molar-refractivity contribution is 7.99. The molecular formula is C14H26S. The van der Waals surface area contributed by atoms with Gasteiger partial charge in [0, 0.05) is 0 Å². The van der Waals surface area contributed by atoms with Crippen LogP contribution in [0.15, 0.2) is 12.2 Å². The lowest BCUT2D eigenvalue weighted by Crippen LogP contribution is -2.14. The Balaban J connectivity index is 2.32. The molecule has 88 valence electrons. The quantitative estimate of drug-likeness (QED) is 0.439. The van der Waals surface area contributed by atoms with Crippen molar-refractivity contribution in [3.8, 4) is 0 Å². The van der Waals surface area contributed by atoms with Gasteiger partial charge in [-0.15, -0.1) is 0 Å². The van der Waals surface area contributed by atoms with Crippen molar-refractivity contribution in [3.63, 3.8) is 0 Å². The van der Waals surface area contributed by atoms with E-state index in [0.717, 1.165) is 11.8 Å². The molecular weight excluding hydrogens is 200 g/mol. The van der Waals surface area contributed by atoms with E-state index in [1.54, 1.807) is 0 Å². The highest BCUT2D eigenvalue weighted by Gasteiger charge is 2.25. The predicted molar refractivity (Wildman–Crippen MR) is 72.5 cm³/mol. The lowest BCUT2D eigenvalue weighted by Gasteiger charge is -2.22. The van der Waals surface area contributed by atoms with E-state index in [1.807, 2.05) is 0 Å². The van der Waals surface area contributed by atoms with Crippen molar-refractivity contribution in [2.24, 2.45) is 11.8 Å². The van der Waals surface area contributed by atoms with Crippen LogP contribution >= 0.6 is 11.8 Å². The van der Waals surface area contributed by atoms with Gasteiger partial charge in [-0.3, -0.25) is 0 Å². The second-order valence-electron chi connectivity index (χ2n) is 4.88. The highest BCUT2D eigenvalue weighted by Crippen LogP contribution is 2.37. The molecule has 0 nitrogen and oxygen atoms in total. The molecule has 15 heavy (non-hydrogen) atoms. The fourth-order valence-electron chi connectivity index (χ4n) is 2.57. The molecule has 0 aromatic rings. The van der Waals surface area contributed by atoms with E-state index in [4.69, 9.17) is 0 Å². The van der Waals surface area contributed by atoms with E-state index in [-0.39, 0.29) is 0 Å². The van der Waals surface area contributed by atoms with Crippen LogP contribution in [0.4, 0.5) is 0 Å². The van der Waals surface area contributed by atoms with Crippen LogP contribution in [0.25, 0.3) is 0 Å². The van der Waals surface area contributed by atoms with Crippen LogP contribution < -0.4 is 0 Å². The van der Waals surface area contributed by atoms with Crippen LogP contribution in [-0.2, 0) is 0 Å². The Morgan fingerprint density at radius 1 is 1.40 bits per heavy atom. The summed E-state index contributed by atoms with van der Waals surface area (Å²) in [5.41, 5.74) is 1.50. The summed E-state index contributed by atoms with van der Waals surface area (Å²) in [6, 6.07) is 0. The Hall–Kier alpha value is 0.0900. The van der Waals surface area contributed by atoms with Crippen molar-refractivity contribution in [2.75, 3.05) is 11.5 Å². The van der Waals surface area contributed by atoms with Gasteiger partial charge in [0.1, 0.15) is 0 Å². The van der Waals surface area contributed by atoms with Gasteiger partial charge in [-0.25, -0.2) is 0 Å². The van der Waals surface area contributed by atoms with Crippen molar-refractivity contribution in [1.29, 1.82) is 0 Å². The molecule has 2 atom stereocenters. The maximum absolute atomic E-state index is 4.14. The summed E-state index contributed by atoms with van der Waals surface area (Å²) in [7, 11) is 0. The van der Waals surface area contributed by atoms with Gasteiger partial charge < -0.3 is 0 Å². The number of allylic oxidation sites excluding steroid dienone is 1. The molecule has 0 bridgehead atoms. The van der Waals surface area contributed by atoms with Crippen LogP contribution in [0.5, 0.6) is 0 Å². The first kappa shape index (κ1) is 13.2. The molecule has 0 radical (unpaired) electrons. The first-order valence-electron chi connectivity index (χ1n) is 6.52. The second kappa shape index (κ2) is 7.38. The van der Waals surface area contributed by atoms with E-state index in [9.17, 15) is 0 Å². The van der Waals surface area contributed by atoms with Gasteiger partial charge in [0.15, 0.2) is 0 Å². The van der Waals surface area contributed by atoms with Gasteiger partial charge in [0.25, 0.3) is 0 Å². The zero-order valence-corrected chi connectivity index (χ0v) is 11.2. The van der Waals surface area contributed by atoms with Crippen LogP contribution in [0.2, 0.25) is 0 Å². The molecule has 2 unspecified atom stereocenters. The van der Waals surface area contributed by atoms with Crippen LogP contribution in [0.1, 0.15) is 52.4 Å². The highest BCUT2D eigenvalue weighted by atomic mass is 32.2. The smallest absolute Gasteiger partial charge is 0.00364 e. The summed E-state index contributed by atoms with van der Waals surface area (Å²) in [5.74, 6) is 4.65. The zero-order chi connectivity index (χ0) is 11.1. The van der Waals surface area contributed by atoms with Crippen LogP contribution in [-0.4, -0.2) is 11.5 Å². The van der Waals surface area contributed by atoms with Gasteiger partial charge in [-0.1, -0.05) is 32.4 Å². The minimum absolute atomic E-state index is 0.960. The minimum atomic E-state index is 0.960. The van der Waals surface area contributed by atoms with Crippen molar-refractivity contribution < 1.29 is 0 Å². The van der Waals surface area contributed by atoms with Crippen molar-refractivity contribution in [1.82, 2.24) is 0 Å². The lowest BCUT2D eigenvalue weighted by molar-refractivity contribution is 0.353. The minimum Gasteiger partial charge on any atom is -0.162 e. The average Bonchev–Trinajstić information content (AvgIpc) is 2.64. The van der Waals surface area contributed by atoms with E-state index >= 15 is 0 Å². The summed E-state index contributed by atoms with van der Waals surface area (Å²) < 4.78 is 0. The Kier molecular flexibility index (Phi) is 6.47. The van der Waals surface area contributed by atoms with Gasteiger partial charge in [-0.2, -0.15) is 11.8 Å². The van der Waals surface area contributed by atoms with Gasteiger partial charge in [0.05, 0.1) is 0 Å². The Bertz CT molecular complexity index is 186. The molecule has 0 spiro atoms. The van der Waals surface area contributed by atoms with Crippen molar-refractivity contribution >= 4 is 11.8 Å². The fourth-order valence-corrected chi connectivity index (χ4v) is 3.77. The summed E-state index contributed by atoms with van der Waals surface area (Å²) in [6.07, 6.45) is 8.12. The maximum atomic E-state index is 4.14. The molecule has 0 aromatic carbocycles. The van der Waals surface area contributed by atoms with E-state index < -0.39 is 0 Å². The monoisotopic (exact) mass is 226 g/mol. The Labute approximate surface area is 99.9 Å². The third-order valence-corrected chi connectivity index (χ3v) is 4.79. The summed E-state index contributed by atoms with van der Waals surface area (Å²) in [4.78, 5) is 0. The van der Waals surface area contributed by atoms with E-state index in [1.165, 1.54) is 55.6 Å². The number of thioether (sulfide) groups is 1. The summed E-state index contributed by atoms with van der Waals surface area (Å²) in [6.45, 7) is 8.73. The summed E-state index contributed by atoms with van der Waals surface area (Å²) >= 11 is 2.16. The maximum Gasteiger partial charge on any atom is -0.00364 e. The Morgan fingerprint density at radius 3 is 2.73 bits per heavy atom. The van der Waals surface area contributed by atoms with Crippen LogP contribution in [0, 0.1) is 11.8 Å². The first-order valence-corrected chi connectivity index (χ1v) is 7.67.